The number of likely N-dealkylation sites (tertiary alicyclic amines) is 1. The third-order valence-corrected chi connectivity index (χ3v) is 3.75. The van der Waals surface area contributed by atoms with Crippen LogP contribution >= 0.6 is 0 Å². The molecule has 0 aliphatic carbocycles. The fourth-order valence-electron chi connectivity index (χ4n) is 2.37. The summed E-state index contributed by atoms with van der Waals surface area (Å²) in [7, 11) is 0. The Morgan fingerprint density at radius 3 is 2.94 bits per heavy atom. The fraction of sp³-hybridized carbons (Fsp3) is 0.833. The minimum atomic E-state index is 0.612. The zero-order valence-corrected chi connectivity index (χ0v) is 10.8. The molecule has 17 heavy (non-hydrogen) atoms. The van der Waals surface area contributed by atoms with Crippen molar-refractivity contribution in [2.75, 3.05) is 19.6 Å². The van der Waals surface area contributed by atoms with Gasteiger partial charge in [0.05, 0.1) is 12.2 Å². The first kappa shape index (κ1) is 12.5. The van der Waals surface area contributed by atoms with Gasteiger partial charge in [0.25, 0.3) is 0 Å². The lowest BCUT2D eigenvalue weighted by Gasteiger charge is -2.34. The van der Waals surface area contributed by atoms with E-state index in [1.807, 2.05) is 10.9 Å². The monoisotopic (exact) mass is 237 g/mol. The second-order valence-corrected chi connectivity index (χ2v) is 5.24. The van der Waals surface area contributed by atoms with Crippen molar-refractivity contribution in [2.24, 2.45) is 17.6 Å². The Hall–Kier alpha value is -0.940. The number of aromatic nitrogens is 3. The van der Waals surface area contributed by atoms with Crippen LogP contribution in [0.3, 0.4) is 0 Å². The van der Waals surface area contributed by atoms with Gasteiger partial charge >= 0.3 is 0 Å². The highest BCUT2D eigenvalue weighted by Gasteiger charge is 2.23. The smallest absolute Gasteiger partial charge is 0.0967 e. The van der Waals surface area contributed by atoms with Crippen LogP contribution in [0.1, 0.15) is 26.0 Å². The van der Waals surface area contributed by atoms with Crippen LogP contribution in [0.5, 0.6) is 0 Å². The molecule has 1 aromatic heterocycles. The molecule has 1 aliphatic rings. The zero-order valence-electron chi connectivity index (χ0n) is 10.8. The van der Waals surface area contributed by atoms with E-state index in [4.69, 9.17) is 5.73 Å². The van der Waals surface area contributed by atoms with Crippen LogP contribution in [-0.2, 0) is 13.1 Å². The molecule has 2 unspecified atom stereocenters. The first-order valence-corrected chi connectivity index (χ1v) is 6.50. The lowest BCUT2D eigenvalue weighted by molar-refractivity contribution is 0.131. The maximum absolute atomic E-state index is 5.49. The molecule has 1 saturated heterocycles. The van der Waals surface area contributed by atoms with Crippen LogP contribution in [-0.4, -0.2) is 39.5 Å². The highest BCUT2D eigenvalue weighted by molar-refractivity contribution is 4.93. The van der Waals surface area contributed by atoms with E-state index in [0.29, 0.717) is 6.54 Å². The predicted molar refractivity (Wildman–Crippen MR) is 67.3 cm³/mol. The number of hydrogen-bond acceptors (Lipinski definition) is 4. The largest absolute Gasteiger partial charge is 0.329 e. The Bertz CT molecular complexity index is 348. The molecule has 0 aromatic carbocycles. The molecule has 0 radical (unpaired) electrons. The van der Waals surface area contributed by atoms with Gasteiger partial charge in [-0.1, -0.05) is 19.1 Å². The van der Waals surface area contributed by atoms with E-state index in [9.17, 15) is 0 Å². The van der Waals surface area contributed by atoms with Crippen LogP contribution in [0.2, 0.25) is 0 Å². The normalized spacial score (nSPS) is 26.3. The SMILES string of the molecule is CC1CCN(Cc2cn(CCN)nn2)CC1C. The quantitative estimate of drug-likeness (QED) is 0.838. The summed E-state index contributed by atoms with van der Waals surface area (Å²) in [5.41, 5.74) is 6.54. The number of piperidine rings is 1. The minimum Gasteiger partial charge on any atom is -0.329 e. The van der Waals surface area contributed by atoms with Crippen molar-refractivity contribution in [3.8, 4) is 0 Å². The van der Waals surface area contributed by atoms with E-state index < -0.39 is 0 Å². The van der Waals surface area contributed by atoms with Crippen molar-refractivity contribution in [1.82, 2.24) is 19.9 Å². The summed E-state index contributed by atoms with van der Waals surface area (Å²) in [6.45, 7) is 9.31. The van der Waals surface area contributed by atoms with Crippen molar-refractivity contribution in [1.29, 1.82) is 0 Å². The zero-order chi connectivity index (χ0) is 12.3. The topological polar surface area (TPSA) is 60.0 Å². The van der Waals surface area contributed by atoms with Gasteiger partial charge in [-0.05, 0) is 24.8 Å². The van der Waals surface area contributed by atoms with Gasteiger partial charge in [0, 0.05) is 25.8 Å². The molecule has 1 fully saturated rings. The van der Waals surface area contributed by atoms with Crippen molar-refractivity contribution in [3.63, 3.8) is 0 Å². The molecule has 2 rings (SSSR count). The maximum atomic E-state index is 5.49. The van der Waals surface area contributed by atoms with Crippen LogP contribution < -0.4 is 5.73 Å². The van der Waals surface area contributed by atoms with E-state index in [1.54, 1.807) is 0 Å². The standard InChI is InChI=1S/C12H23N5/c1-10-3-5-16(7-11(10)2)8-12-9-17(6-4-13)15-14-12/h9-11H,3-8,13H2,1-2H3. The summed E-state index contributed by atoms with van der Waals surface area (Å²) < 4.78 is 1.82. The molecule has 96 valence electrons. The Kier molecular flexibility index (Phi) is 4.12. The Morgan fingerprint density at radius 1 is 1.41 bits per heavy atom. The summed E-state index contributed by atoms with van der Waals surface area (Å²) in [6.07, 6.45) is 3.30. The molecular weight excluding hydrogens is 214 g/mol. The Morgan fingerprint density at radius 2 is 2.24 bits per heavy atom. The second kappa shape index (κ2) is 5.60. The third-order valence-electron chi connectivity index (χ3n) is 3.75. The van der Waals surface area contributed by atoms with Gasteiger partial charge < -0.3 is 5.73 Å². The number of nitrogens with two attached hydrogens (primary N) is 1. The fourth-order valence-corrected chi connectivity index (χ4v) is 2.37. The second-order valence-electron chi connectivity index (χ2n) is 5.24. The first-order valence-electron chi connectivity index (χ1n) is 6.50. The van der Waals surface area contributed by atoms with E-state index in [2.05, 4.69) is 29.1 Å². The Labute approximate surface area is 103 Å². The highest BCUT2D eigenvalue weighted by Crippen LogP contribution is 2.23. The lowest BCUT2D eigenvalue weighted by atomic mass is 9.89. The molecule has 0 saturated carbocycles. The van der Waals surface area contributed by atoms with Crippen molar-refractivity contribution >= 4 is 0 Å². The van der Waals surface area contributed by atoms with Gasteiger partial charge in [-0.25, -0.2) is 0 Å². The van der Waals surface area contributed by atoms with Crippen molar-refractivity contribution < 1.29 is 0 Å². The average Bonchev–Trinajstić information content (AvgIpc) is 2.72. The molecule has 2 atom stereocenters. The number of nitrogens with zero attached hydrogens (tertiary/aromatic N) is 4. The van der Waals surface area contributed by atoms with Gasteiger partial charge in [0.2, 0.25) is 0 Å². The van der Waals surface area contributed by atoms with Gasteiger partial charge in [0.15, 0.2) is 0 Å². The summed E-state index contributed by atoms with van der Waals surface area (Å²) in [5, 5.41) is 8.25. The molecule has 0 amide bonds. The lowest BCUT2D eigenvalue weighted by Crippen LogP contribution is -2.37. The minimum absolute atomic E-state index is 0.612. The molecule has 2 N–H and O–H groups in total. The number of rotatable bonds is 4. The molecule has 2 heterocycles. The molecule has 5 nitrogen and oxygen atoms in total. The molecule has 5 heteroatoms. The third kappa shape index (κ3) is 3.26. The summed E-state index contributed by atoms with van der Waals surface area (Å²) in [6, 6.07) is 0. The van der Waals surface area contributed by atoms with Crippen LogP contribution in [0, 0.1) is 11.8 Å². The Balaban J connectivity index is 1.87. The van der Waals surface area contributed by atoms with Gasteiger partial charge in [0.1, 0.15) is 0 Å². The van der Waals surface area contributed by atoms with Gasteiger partial charge in [-0.3, -0.25) is 9.58 Å². The molecule has 0 spiro atoms. The van der Waals surface area contributed by atoms with Crippen LogP contribution in [0.4, 0.5) is 0 Å². The molecule has 1 aromatic rings. The molecular formula is C12H23N5. The van der Waals surface area contributed by atoms with E-state index in [1.165, 1.54) is 19.5 Å². The average molecular weight is 237 g/mol. The van der Waals surface area contributed by atoms with Crippen molar-refractivity contribution in [3.05, 3.63) is 11.9 Å². The van der Waals surface area contributed by atoms with E-state index in [0.717, 1.165) is 30.6 Å². The summed E-state index contributed by atoms with van der Waals surface area (Å²) in [4.78, 5) is 2.47. The summed E-state index contributed by atoms with van der Waals surface area (Å²) in [5.74, 6) is 1.63. The highest BCUT2D eigenvalue weighted by atomic mass is 15.4. The first-order chi connectivity index (χ1) is 8.19. The van der Waals surface area contributed by atoms with Gasteiger partial charge in [-0.15, -0.1) is 5.10 Å². The van der Waals surface area contributed by atoms with E-state index >= 15 is 0 Å². The van der Waals surface area contributed by atoms with Gasteiger partial charge in [-0.2, -0.15) is 0 Å². The predicted octanol–water partition coefficient (Wildman–Crippen LogP) is 0.715. The summed E-state index contributed by atoms with van der Waals surface area (Å²) >= 11 is 0. The number of hydrogen-bond donors (Lipinski definition) is 1. The van der Waals surface area contributed by atoms with Crippen LogP contribution in [0.25, 0.3) is 0 Å². The van der Waals surface area contributed by atoms with E-state index in [-0.39, 0.29) is 0 Å². The maximum Gasteiger partial charge on any atom is 0.0967 e. The molecule has 1 aliphatic heterocycles. The van der Waals surface area contributed by atoms with Crippen LogP contribution in [0.15, 0.2) is 6.20 Å². The molecule has 0 bridgehead atoms. The van der Waals surface area contributed by atoms with Crippen molar-refractivity contribution in [2.45, 2.75) is 33.4 Å².